The number of nitrogens with zero attached hydrogens (tertiary/aromatic N) is 1. The Kier molecular flexibility index (Phi) is 7.63. The zero-order valence-corrected chi connectivity index (χ0v) is 19.8. The van der Waals surface area contributed by atoms with Crippen molar-refractivity contribution in [3.8, 4) is 0 Å². The van der Waals surface area contributed by atoms with Crippen molar-refractivity contribution in [3.05, 3.63) is 131 Å². The third-order valence-corrected chi connectivity index (χ3v) is 6.48. The second-order valence-corrected chi connectivity index (χ2v) is 9.33. The second kappa shape index (κ2) is 10.4. The molecule has 0 unspecified atom stereocenters. The van der Waals surface area contributed by atoms with Gasteiger partial charge in [-0.25, -0.2) is 14.3 Å². The molecular formula is C27H28N2O3S. The molecule has 0 aliphatic rings. The number of aryl methyl sites for hydroxylation is 3. The largest absolute Gasteiger partial charge is 0.744 e. The Labute approximate surface area is 195 Å². The number of hydrogen-bond donors (Lipinski definition) is 1. The molecule has 3 aromatic carbocycles. The average Bonchev–Trinajstić information content (AvgIpc) is 2.76. The molecular weight excluding hydrogens is 432 g/mol. The van der Waals surface area contributed by atoms with Crippen LogP contribution in [0.5, 0.6) is 0 Å². The Morgan fingerprint density at radius 2 is 1.12 bits per heavy atom. The molecule has 0 saturated carbocycles. The summed E-state index contributed by atoms with van der Waals surface area (Å²) in [6, 6.07) is 28.6. The van der Waals surface area contributed by atoms with Crippen LogP contribution >= 0.6 is 0 Å². The van der Waals surface area contributed by atoms with E-state index in [0.29, 0.717) is 11.1 Å². The lowest BCUT2D eigenvalue weighted by Crippen LogP contribution is -2.43. The lowest BCUT2D eigenvalue weighted by atomic mass is 9.86. The van der Waals surface area contributed by atoms with Gasteiger partial charge in [0.1, 0.15) is 10.1 Å². The Bertz CT molecular complexity index is 1240. The van der Waals surface area contributed by atoms with Gasteiger partial charge in [-0.1, -0.05) is 83.0 Å². The molecule has 0 saturated heterocycles. The summed E-state index contributed by atoms with van der Waals surface area (Å²) in [6.45, 7) is 5.12. The molecule has 0 aliphatic heterocycles. The van der Waals surface area contributed by atoms with Gasteiger partial charge >= 0.3 is 0 Å². The first-order chi connectivity index (χ1) is 15.7. The molecule has 1 heterocycles. The molecule has 33 heavy (non-hydrogen) atoms. The molecule has 6 heteroatoms. The summed E-state index contributed by atoms with van der Waals surface area (Å²) in [5.74, 6) is 5.96. The van der Waals surface area contributed by atoms with Crippen molar-refractivity contribution in [2.24, 2.45) is 0 Å². The van der Waals surface area contributed by atoms with Crippen molar-refractivity contribution < 1.29 is 17.6 Å². The standard InChI is InChI=1S/C18H17N2.C9H12O3S/c19-20-13-11-17(12-14-20)18(15-7-3-1-4-8-15)16-9-5-2-6-10-16;1-6-4-7(2)9(8(3)5-6)13(10,11)12/h1-14,18H,19H2;4-5H,1-3H3,(H,10,11,12)/q+1;/p-1. The number of nitrogen functional groups attached to an aromatic ring is 1. The third kappa shape index (κ3) is 6.28. The highest BCUT2D eigenvalue weighted by Gasteiger charge is 2.17. The van der Waals surface area contributed by atoms with Crippen molar-refractivity contribution >= 4 is 10.1 Å². The van der Waals surface area contributed by atoms with Gasteiger partial charge in [-0.05, 0) is 48.6 Å². The highest BCUT2D eigenvalue weighted by molar-refractivity contribution is 7.85. The smallest absolute Gasteiger partial charge is 0.199 e. The first kappa shape index (κ1) is 24.2. The van der Waals surface area contributed by atoms with Gasteiger partial charge in [-0.3, -0.25) is 0 Å². The lowest BCUT2D eigenvalue weighted by molar-refractivity contribution is -0.639. The van der Waals surface area contributed by atoms with E-state index in [1.165, 1.54) is 16.7 Å². The van der Waals surface area contributed by atoms with E-state index in [9.17, 15) is 13.0 Å². The molecule has 0 amide bonds. The minimum absolute atomic E-state index is 0.0851. The van der Waals surface area contributed by atoms with Crippen molar-refractivity contribution in [3.63, 3.8) is 0 Å². The third-order valence-electron chi connectivity index (χ3n) is 5.33. The Balaban J connectivity index is 0.000000205. The summed E-state index contributed by atoms with van der Waals surface area (Å²) in [6.07, 6.45) is 3.77. The molecule has 2 N–H and O–H groups in total. The summed E-state index contributed by atoms with van der Waals surface area (Å²) in [5.41, 5.74) is 5.81. The summed E-state index contributed by atoms with van der Waals surface area (Å²) < 4.78 is 34.1. The van der Waals surface area contributed by atoms with E-state index < -0.39 is 10.1 Å². The van der Waals surface area contributed by atoms with Crippen LogP contribution in [0.4, 0.5) is 0 Å². The molecule has 0 spiro atoms. The van der Waals surface area contributed by atoms with Crippen LogP contribution in [0.15, 0.2) is 102 Å². The van der Waals surface area contributed by atoms with Gasteiger partial charge in [-0.2, -0.15) is 0 Å². The number of benzene rings is 3. The lowest BCUT2D eigenvalue weighted by Gasteiger charge is -2.17. The Morgan fingerprint density at radius 3 is 1.52 bits per heavy atom. The molecule has 0 radical (unpaired) electrons. The fraction of sp³-hybridized carbons (Fsp3) is 0.148. The van der Waals surface area contributed by atoms with Crippen LogP contribution in [0.1, 0.15) is 39.3 Å². The summed E-state index contributed by atoms with van der Waals surface area (Å²) in [7, 11) is -4.33. The highest BCUT2D eigenvalue weighted by Crippen LogP contribution is 2.31. The van der Waals surface area contributed by atoms with Crippen LogP contribution in [0.2, 0.25) is 0 Å². The van der Waals surface area contributed by atoms with Crippen molar-refractivity contribution in [2.75, 3.05) is 5.84 Å². The van der Waals surface area contributed by atoms with E-state index in [0.717, 1.165) is 5.56 Å². The van der Waals surface area contributed by atoms with Crippen LogP contribution in [0, 0.1) is 20.8 Å². The number of aromatic nitrogens is 1. The maximum Gasteiger partial charge on any atom is 0.199 e. The SMILES string of the molecule is Cc1cc(C)c(S(=O)(=O)[O-])c(C)c1.N[n+]1ccc(C(c2ccccc2)c2ccccc2)cc1. The summed E-state index contributed by atoms with van der Waals surface area (Å²) in [4.78, 5) is -0.0851. The van der Waals surface area contributed by atoms with Crippen LogP contribution in [-0.2, 0) is 10.1 Å². The van der Waals surface area contributed by atoms with E-state index >= 15 is 0 Å². The van der Waals surface area contributed by atoms with Gasteiger partial charge in [-0.15, -0.1) is 0 Å². The number of pyridine rings is 1. The minimum atomic E-state index is -4.33. The maximum atomic E-state index is 10.8. The van der Waals surface area contributed by atoms with Crippen LogP contribution < -0.4 is 10.5 Å². The summed E-state index contributed by atoms with van der Waals surface area (Å²) >= 11 is 0. The normalized spacial score (nSPS) is 11.1. The molecule has 4 rings (SSSR count). The predicted molar refractivity (Wildman–Crippen MR) is 129 cm³/mol. The first-order valence-corrected chi connectivity index (χ1v) is 12.0. The van der Waals surface area contributed by atoms with Crippen molar-refractivity contribution in [1.29, 1.82) is 0 Å². The van der Waals surface area contributed by atoms with Gasteiger partial charge in [0.15, 0.2) is 12.4 Å². The van der Waals surface area contributed by atoms with Gasteiger partial charge in [0, 0.05) is 18.1 Å². The molecule has 0 atom stereocenters. The zero-order valence-electron chi connectivity index (χ0n) is 19.0. The van der Waals surface area contributed by atoms with Crippen molar-refractivity contribution in [1.82, 2.24) is 0 Å². The topological polar surface area (TPSA) is 87.1 Å². The highest BCUT2D eigenvalue weighted by atomic mass is 32.2. The Hall–Kier alpha value is -3.48. The van der Waals surface area contributed by atoms with Crippen LogP contribution in [0.3, 0.4) is 0 Å². The molecule has 5 nitrogen and oxygen atoms in total. The van der Waals surface area contributed by atoms with E-state index in [1.807, 2.05) is 31.5 Å². The number of nitrogens with two attached hydrogens (primary N) is 1. The zero-order chi connectivity index (χ0) is 24.0. The number of hydrogen-bond acceptors (Lipinski definition) is 4. The quantitative estimate of drug-likeness (QED) is 0.278. The van der Waals surface area contributed by atoms with Crippen LogP contribution in [0.25, 0.3) is 0 Å². The first-order valence-electron chi connectivity index (χ1n) is 10.6. The van der Waals surface area contributed by atoms with E-state index in [4.69, 9.17) is 5.84 Å². The molecule has 0 bridgehead atoms. The molecule has 170 valence electrons. The molecule has 4 aromatic rings. The van der Waals surface area contributed by atoms with Crippen LogP contribution in [-0.4, -0.2) is 13.0 Å². The average molecular weight is 461 g/mol. The fourth-order valence-corrected chi connectivity index (χ4v) is 4.98. The van der Waals surface area contributed by atoms with Gasteiger partial charge < -0.3 is 4.55 Å². The van der Waals surface area contributed by atoms with Gasteiger partial charge in [0.2, 0.25) is 0 Å². The van der Waals surface area contributed by atoms with Crippen molar-refractivity contribution in [2.45, 2.75) is 31.6 Å². The van der Waals surface area contributed by atoms with Gasteiger partial charge in [0.05, 0.1) is 4.90 Å². The van der Waals surface area contributed by atoms with E-state index in [1.54, 1.807) is 30.7 Å². The number of rotatable bonds is 4. The maximum absolute atomic E-state index is 10.8. The van der Waals surface area contributed by atoms with Gasteiger partial charge in [0.25, 0.3) is 0 Å². The summed E-state index contributed by atoms with van der Waals surface area (Å²) in [5, 5.41) is 0. The van der Waals surface area contributed by atoms with E-state index in [2.05, 4.69) is 60.7 Å². The Morgan fingerprint density at radius 1 is 0.727 bits per heavy atom. The fourth-order valence-electron chi connectivity index (χ4n) is 4.07. The molecule has 1 aromatic heterocycles. The monoisotopic (exact) mass is 460 g/mol. The molecule has 0 fully saturated rings. The predicted octanol–water partition coefficient (Wildman–Crippen LogP) is 4.38. The minimum Gasteiger partial charge on any atom is -0.744 e. The molecule has 0 aliphatic carbocycles. The van der Waals surface area contributed by atoms with E-state index in [-0.39, 0.29) is 10.8 Å². The second-order valence-electron chi connectivity index (χ2n) is 8.02.